The van der Waals surface area contributed by atoms with Gasteiger partial charge in [0.25, 0.3) is 0 Å². The lowest BCUT2D eigenvalue weighted by atomic mass is 10.1. The molecular formula is C12H9IN2S. The molecule has 16 heavy (non-hydrogen) atoms. The molecule has 0 N–H and O–H groups in total. The van der Waals surface area contributed by atoms with Crippen molar-refractivity contribution in [1.29, 1.82) is 5.26 Å². The van der Waals surface area contributed by atoms with Crippen LogP contribution in [0.1, 0.15) is 16.1 Å². The first-order valence-electron chi connectivity index (χ1n) is 4.75. The summed E-state index contributed by atoms with van der Waals surface area (Å²) >= 11 is 3.93. The van der Waals surface area contributed by atoms with Gasteiger partial charge in [-0.05, 0) is 30.7 Å². The lowest BCUT2D eigenvalue weighted by molar-refractivity contribution is 1.29. The summed E-state index contributed by atoms with van der Waals surface area (Å²) in [6.45, 7) is 1.99. The van der Waals surface area contributed by atoms with Crippen molar-refractivity contribution in [3.05, 3.63) is 39.7 Å². The van der Waals surface area contributed by atoms with Gasteiger partial charge in [-0.2, -0.15) is 5.26 Å². The summed E-state index contributed by atoms with van der Waals surface area (Å²) in [6, 6.07) is 8.11. The van der Waals surface area contributed by atoms with Gasteiger partial charge in [0.1, 0.15) is 0 Å². The molecule has 2 nitrogen and oxygen atoms in total. The number of nitriles is 1. The molecule has 0 aliphatic carbocycles. The Kier molecular flexibility index (Phi) is 3.56. The maximum atomic E-state index is 8.96. The quantitative estimate of drug-likeness (QED) is 0.614. The number of aromatic nitrogens is 1. The van der Waals surface area contributed by atoms with E-state index in [-0.39, 0.29) is 0 Å². The molecule has 0 atom stereocenters. The maximum absolute atomic E-state index is 8.96. The van der Waals surface area contributed by atoms with Gasteiger partial charge in [0, 0.05) is 15.4 Å². The van der Waals surface area contributed by atoms with Gasteiger partial charge in [-0.1, -0.05) is 22.6 Å². The van der Waals surface area contributed by atoms with Crippen LogP contribution in [0.4, 0.5) is 0 Å². The van der Waals surface area contributed by atoms with Crippen molar-refractivity contribution < 1.29 is 0 Å². The van der Waals surface area contributed by atoms with Crippen LogP contribution in [-0.4, -0.2) is 4.98 Å². The number of rotatable bonds is 2. The monoisotopic (exact) mass is 340 g/mol. The number of hydrogen-bond donors (Lipinski definition) is 0. The maximum Gasteiger partial charge on any atom is 0.0991 e. The van der Waals surface area contributed by atoms with Gasteiger partial charge in [-0.15, -0.1) is 11.3 Å². The summed E-state index contributed by atoms with van der Waals surface area (Å²) in [5, 5.41) is 12.0. The van der Waals surface area contributed by atoms with Gasteiger partial charge >= 0.3 is 0 Å². The molecule has 2 rings (SSSR count). The van der Waals surface area contributed by atoms with Crippen molar-refractivity contribution in [3.63, 3.8) is 0 Å². The van der Waals surface area contributed by atoms with Gasteiger partial charge in [0.2, 0.25) is 0 Å². The number of thiazole rings is 1. The third-order valence-corrected chi connectivity index (χ3v) is 3.85. The topological polar surface area (TPSA) is 36.7 Å². The fraction of sp³-hybridized carbons (Fsp3) is 0.167. The molecule has 0 radical (unpaired) electrons. The first-order chi connectivity index (χ1) is 7.72. The molecule has 1 heterocycles. The first kappa shape index (κ1) is 11.6. The largest absolute Gasteiger partial charge is 0.242 e. The number of nitrogens with zero attached hydrogens (tertiary/aromatic N) is 2. The van der Waals surface area contributed by atoms with E-state index in [1.165, 1.54) is 5.56 Å². The standard InChI is InChI=1S/C12H9IN2S/c1-8-15-12(7-16-8)11-3-9(5-13)2-10(4-11)6-14/h2-4,7H,5H2,1H3. The second kappa shape index (κ2) is 4.93. The third-order valence-electron chi connectivity index (χ3n) is 2.19. The smallest absolute Gasteiger partial charge is 0.0991 e. The van der Waals surface area contributed by atoms with Crippen molar-refractivity contribution in [1.82, 2.24) is 4.98 Å². The van der Waals surface area contributed by atoms with Crippen LogP contribution in [0.3, 0.4) is 0 Å². The minimum atomic E-state index is 0.704. The predicted molar refractivity (Wildman–Crippen MR) is 74.7 cm³/mol. The molecule has 1 aromatic carbocycles. The van der Waals surface area contributed by atoms with E-state index in [4.69, 9.17) is 5.26 Å². The van der Waals surface area contributed by atoms with Crippen LogP contribution < -0.4 is 0 Å². The van der Waals surface area contributed by atoms with Gasteiger partial charge < -0.3 is 0 Å². The number of alkyl halides is 1. The molecule has 0 saturated carbocycles. The second-order valence-electron chi connectivity index (χ2n) is 3.42. The highest BCUT2D eigenvalue weighted by molar-refractivity contribution is 14.1. The van der Waals surface area contributed by atoms with E-state index in [0.717, 1.165) is 20.7 Å². The van der Waals surface area contributed by atoms with E-state index in [1.54, 1.807) is 11.3 Å². The summed E-state index contributed by atoms with van der Waals surface area (Å²) < 4.78 is 0.906. The van der Waals surface area contributed by atoms with Gasteiger partial charge in [-0.25, -0.2) is 4.98 Å². The number of hydrogen-bond acceptors (Lipinski definition) is 3. The van der Waals surface area contributed by atoms with E-state index in [2.05, 4.69) is 39.7 Å². The Balaban J connectivity index is 2.52. The Morgan fingerprint density at radius 1 is 1.44 bits per heavy atom. The van der Waals surface area contributed by atoms with E-state index in [0.29, 0.717) is 5.56 Å². The summed E-state index contributed by atoms with van der Waals surface area (Å²) in [6.07, 6.45) is 0. The lowest BCUT2D eigenvalue weighted by Crippen LogP contribution is -1.86. The summed E-state index contributed by atoms with van der Waals surface area (Å²) in [7, 11) is 0. The molecule has 0 spiro atoms. The van der Waals surface area contributed by atoms with E-state index in [9.17, 15) is 0 Å². The predicted octanol–water partition coefficient (Wildman–Crippen LogP) is 3.93. The number of benzene rings is 1. The van der Waals surface area contributed by atoms with Crippen molar-refractivity contribution in [3.8, 4) is 17.3 Å². The number of halogens is 1. The highest BCUT2D eigenvalue weighted by Gasteiger charge is 2.05. The highest BCUT2D eigenvalue weighted by Crippen LogP contribution is 2.24. The third kappa shape index (κ3) is 2.42. The minimum absolute atomic E-state index is 0.704. The van der Waals surface area contributed by atoms with E-state index in [1.807, 2.05) is 24.4 Å². The Hall–Kier alpha value is -0.930. The Bertz CT molecular complexity index is 554. The van der Waals surface area contributed by atoms with Crippen LogP contribution in [0.5, 0.6) is 0 Å². The Labute approximate surface area is 112 Å². The normalized spacial score (nSPS) is 10.1. The van der Waals surface area contributed by atoms with Crippen molar-refractivity contribution in [2.75, 3.05) is 0 Å². The molecule has 0 saturated heterocycles. The van der Waals surface area contributed by atoms with Crippen LogP contribution >= 0.6 is 33.9 Å². The molecule has 0 aliphatic rings. The summed E-state index contributed by atoms with van der Waals surface area (Å²) in [4.78, 5) is 4.44. The van der Waals surface area contributed by atoms with Gasteiger partial charge in [0.05, 0.1) is 22.3 Å². The fourth-order valence-electron chi connectivity index (χ4n) is 1.48. The zero-order valence-corrected chi connectivity index (χ0v) is 11.7. The summed E-state index contributed by atoms with van der Waals surface area (Å²) in [5.41, 5.74) is 3.87. The lowest BCUT2D eigenvalue weighted by Gasteiger charge is -2.01. The minimum Gasteiger partial charge on any atom is -0.242 e. The second-order valence-corrected chi connectivity index (χ2v) is 5.24. The molecule has 4 heteroatoms. The first-order valence-corrected chi connectivity index (χ1v) is 7.16. The highest BCUT2D eigenvalue weighted by atomic mass is 127. The molecule has 0 amide bonds. The Morgan fingerprint density at radius 3 is 2.81 bits per heavy atom. The van der Waals surface area contributed by atoms with Crippen LogP contribution in [0.25, 0.3) is 11.3 Å². The van der Waals surface area contributed by atoms with Crippen molar-refractivity contribution in [2.45, 2.75) is 11.4 Å². The Morgan fingerprint density at radius 2 is 2.25 bits per heavy atom. The zero-order valence-electron chi connectivity index (χ0n) is 8.70. The molecule has 0 unspecified atom stereocenters. The van der Waals surface area contributed by atoms with Crippen molar-refractivity contribution >= 4 is 33.9 Å². The molecular weight excluding hydrogens is 331 g/mol. The van der Waals surface area contributed by atoms with Crippen LogP contribution in [-0.2, 0) is 4.43 Å². The van der Waals surface area contributed by atoms with E-state index < -0.39 is 0 Å². The number of aryl methyl sites for hydroxylation is 1. The average Bonchev–Trinajstić information content (AvgIpc) is 2.75. The molecule has 0 aliphatic heterocycles. The zero-order chi connectivity index (χ0) is 11.5. The molecule has 0 bridgehead atoms. The molecule has 2 aromatic rings. The van der Waals surface area contributed by atoms with Crippen LogP contribution in [0, 0.1) is 18.3 Å². The molecule has 80 valence electrons. The fourth-order valence-corrected chi connectivity index (χ4v) is 2.54. The average molecular weight is 340 g/mol. The molecule has 1 aromatic heterocycles. The SMILES string of the molecule is Cc1nc(-c2cc(C#N)cc(CI)c2)cs1. The van der Waals surface area contributed by atoms with Gasteiger partial charge in [0.15, 0.2) is 0 Å². The van der Waals surface area contributed by atoms with Crippen molar-refractivity contribution in [2.24, 2.45) is 0 Å². The van der Waals surface area contributed by atoms with E-state index >= 15 is 0 Å². The van der Waals surface area contributed by atoms with Crippen LogP contribution in [0.2, 0.25) is 0 Å². The van der Waals surface area contributed by atoms with Crippen LogP contribution in [0.15, 0.2) is 23.6 Å². The van der Waals surface area contributed by atoms with Gasteiger partial charge in [-0.3, -0.25) is 0 Å². The molecule has 0 fully saturated rings. The summed E-state index contributed by atoms with van der Waals surface area (Å²) in [5.74, 6) is 0.